The number of anilines is 1. The molecule has 124 valence electrons. The molecule has 5 nitrogen and oxygen atoms in total. The highest BCUT2D eigenvalue weighted by molar-refractivity contribution is 6.32. The lowest BCUT2D eigenvalue weighted by Gasteiger charge is -2.38. The van der Waals surface area contributed by atoms with E-state index < -0.39 is 0 Å². The van der Waals surface area contributed by atoms with Gasteiger partial charge in [-0.2, -0.15) is 0 Å². The monoisotopic (exact) mass is 333 g/mol. The maximum atomic E-state index is 6.25. The first-order valence-corrected chi connectivity index (χ1v) is 8.60. The lowest BCUT2D eigenvalue weighted by molar-refractivity contribution is 0.183. The van der Waals surface area contributed by atoms with Crippen LogP contribution in [0.1, 0.15) is 19.2 Å². The Bertz CT molecular complexity index is 633. The van der Waals surface area contributed by atoms with E-state index in [1.165, 1.54) is 0 Å². The molecule has 23 heavy (non-hydrogen) atoms. The first-order valence-electron chi connectivity index (χ1n) is 8.22. The lowest BCUT2D eigenvalue weighted by Crippen LogP contribution is -2.50. The van der Waals surface area contributed by atoms with Gasteiger partial charge in [0.25, 0.3) is 0 Å². The van der Waals surface area contributed by atoms with Crippen molar-refractivity contribution in [1.29, 1.82) is 0 Å². The second-order valence-corrected chi connectivity index (χ2v) is 6.54. The van der Waals surface area contributed by atoms with Crippen molar-refractivity contribution >= 4 is 17.4 Å². The minimum atomic E-state index is 0.568. The molecule has 3 heterocycles. The number of imidazole rings is 1. The fraction of sp³-hybridized carbons (Fsp3) is 0.529. The van der Waals surface area contributed by atoms with E-state index in [1.807, 2.05) is 24.5 Å². The van der Waals surface area contributed by atoms with Crippen molar-refractivity contribution in [2.45, 2.75) is 32.9 Å². The molecule has 3 rings (SSSR count). The van der Waals surface area contributed by atoms with Gasteiger partial charge in [-0.15, -0.1) is 0 Å². The predicted octanol–water partition coefficient (Wildman–Crippen LogP) is 2.84. The van der Waals surface area contributed by atoms with Crippen LogP contribution in [0.15, 0.2) is 30.7 Å². The molecule has 0 N–H and O–H groups in total. The van der Waals surface area contributed by atoms with Crippen molar-refractivity contribution in [2.75, 3.05) is 31.1 Å². The largest absolute Gasteiger partial charge is 0.353 e. The van der Waals surface area contributed by atoms with Gasteiger partial charge in [0.05, 0.1) is 5.02 Å². The summed E-state index contributed by atoms with van der Waals surface area (Å²) < 4.78 is 2.22. The van der Waals surface area contributed by atoms with Gasteiger partial charge in [0.2, 0.25) is 0 Å². The second kappa shape index (κ2) is 7.32. The molecule has 6 heteroatoms. The molecule has 1 aliphatic rings. The summed E-state index contributed by atoms with van der Waals surface area (Å²) in [5.74, 6) is 2.00. The highest BCUT2D eigenvalue weighted by Gasteiger charge is 2.22. The average molecular weight is 334 g/mol. The van der Waals surface area contributed by atoms with E-state index in [0.29, 0.717) is 6.04 Å². The van der Waals surface area contributed by atoms with Gasteiger partial charge in [-0.05, 0) is 32.4 Å². The number of rotatable bonds is 5. The summed E-state index contributed by atoms with van der Waals surface area (Å²) in [4.78, 5) is 13.5. The summed E-state index contributed by atoms with van der Waals surface area (Å²) in [6.45, 7) is 9.46. The Hall–Kier alpha value is -1.59. The van der Waals surface area contributed by atoms with Crippen LogP contribution in [0, 0.1) is 6.92 Å². The summed E-state index contributed by atoms with van der Waals surface area (Å²) >= 11 is 6.25. The summed E-state index contributed by atoms with van der Waals surface area (Å²) in [6.07, 6.45) is 6.88. The van der Waals surface area contributed by atoms with Gasteiger partial charge in [0, 0.05) is 57.4 Å². The maximum Gasteiger partial charge on any atom is 0.147 e. The minimum Gasteiger partial charge on any atom is -0.353 e. The molecule has 1 saturated heterocycles. The molecule has 0 aliphatic carbocycles. The smallest absolute Gasteiger partial charge is 0.147 e. The zero-order valence-corrected chi connectivity index (χ0v) is 14.6. The molecule has 0 unspecified atom stereocenters. The lowest BCUT2D eigenvalue weighted by atomic mass is 10.1. The number of hydrogen-bond acceptors (Lipinski definition) is 4. The van der Waals surface area contributed by atoms with Crippen molar-refractivity contribution in [3.05, 3.63) is 41.6 Å². The SMILES string of the molecule is Cc1nccn1CC[C@H](C)N1CCN(c2ncccc2Cl)CC1. The Labute approximate surface area is 142 Å². The molecule has 1 fully saturated rings. The number of pyridine rings is 1. The van der Waals surface area contributed by atoms with Crippen molar-refractivity contribution in [1.82, 2.24) is 19.4 Å². The number of hydrogen-bond donors (Lipinski definition) is 0. The molecule has 0 aromatic carbocycles. The Morgan fingerprint density at radius 3 is 2.61 bits per heavy atom. The summed E-state index contributed by atoms with van der Waals surface area (Å²) in [5, 5.41) is 0.740. The van der Waals surface area contributed by atoms with Gasteiger partial charge in [0.15, 0.2) is 0 Å². The van der Waals surface area contributed by atoms with Crippen LogP contribution in [0.3, 0.4) is 0 Å². The third-order valence-corrected chi connectivity index (χ3v) is 4.98. The Morgan fingerprint density at radius 2 is 1.96 bits per heavy atom. The number of aromatic nitrogens is 3. The molecule has 1 aliphatic heterocycles. The molecule has 0 saturated carbocycles. The summed E-state index contributed by atoms with van der Waals surface area (Å²) in [5.41, 5.74) is 0. The summed E-state index contributed by atoms with van der Waals surface area (Å²) in [6, 6.07) is 4.35. The normalized spacial score (nSPS) is 17.4. The number of nitrogens with zero attached hydrogens (tertiary/aromatic N) is 5. The van der Waals surface area contributed by atoms with Gasteiger partial charge in [-0.1, -0.05) is 11.6 Å². The van der Waals surface area contributed by atoms with E-state index in [-0.39, 0.29) is 0 Å². The molecular formula is C17H24ClN5. The molecule has 2 aromatic rings. The third kappa shape index (κ3) is 3.85. The van der Waals surface area contributed by atoms with Crippen LogP contribution in [0.5, 0.6) is 0 Å². The van der Waals surface area contributed by atoms with Gasteiger partial charge in [-0.25, -0.2) is 9.97 Å². The van der Waals surface area contributed by atoms with E-state index in [1.54, 1.807) is 0 Å². The van der Waals surface area contributed by atoms with Gasteiger partial charge in [-0.3, -0.25) is 4.90 Å². The highest BCUT2D eigenvalue weighted by atomic mass is 35.5. The van der Waals surface area contributed by atoms with Gasteiger partial charge >= 0.3 is 0 Å². The van der Waals surface area contributed by atoms with Crippen LogP contribution in [-0.4, -0.2) is 51.7 Å². The Kier molecular flexibility index (Phi) is 5.18. The number of piperazine rings is 1. The first-order chi connectivity index (χ1) is 11.1. The van der Waals surface area contributed by atoms with Crippen LogP contribution in [0.25, 0.3) is 0 Å². The van der Waals surface area contributed by atoms with Crippen molar-refractivity contribution < 1.29 is 0 Å². The predicted molar refractivity (Wildman–Crippen MR) is 94.1 cm³/mol. The second-order valence-electron chi connectivity index (χ2n) is 6.14. The standard InChI is InChI=1S/C17H24ClN5/c1-14(5-8-22-9-7-19-15(22)2)21-10-12-23(13-11-21)17-16(18)4-3-6-20-17/h3-4,6-7,9,14H,5,8,10-13H2,1-2H3/t14-/m0/s1. The van der Waals surface area contributed by atoms with Crippen LogP contribution in [-0.2, 0) is 6.54 Å². The summed E-state index contributed by atoms with van der Waals surface area (Å²) in [7, 11) is 0. The first kappa shape index (κ1) is 16.3. The highest BCUT2D eigenvalue weighted by Crippen LogP contribution is 2.24. The molecule has 1 atom stereocenters. The fourth-order valence-electron chi connectivity index (χ4n) is 3.13. The average Bonchev–Trinajstić information content (AvgIpc) is 2.98. The van der Waals surface area contributed by atoms with Crippen LogP contribution >= 0.6 is 11.6 Å². The number of halogens is 1. The van der Waals surface area contributed by atoms with E-state index in [4.69, 9.17) is 11.6 Å². The van der Waals surface area contributed by atoms with E-state index in [9.17, 15) is 0 Å². The van der Waals surface area contributed by atoms with Gasteiger partial charge < -0.3 is 9.47 Å². The molecule has 0 spiro atoms. The van der Waals surface area contributed by atoms with Crippen molar-refractivity contribution in [3.8, 4) is 0 Å². The van der Waals surface area contributed by atoms with E-state index in [0.717, 1.165) is 55.8 Å². The zero-order chi connectivity index (χ0) is 16.2. The number of aryl methyl sites for hydroxylation is 2. The van der Waals surface area contributed by atoms with E-state index in [2.05, 4.69) is 44.4 Å². The maximum absolute atomic E-state index is 6.25. The topological polar surface area (TPSA) is 37.2 Å². The van der Waals surface area contributed by atoms with E-state index >= 15 is 0 Å². The molecule has 0 radical (unpaired) electrons. The molecular weight excluding hydrogens is 310 g/mol. The molecule has 2 aromatic heterocycles. The minimum absolute atomic E-state index is 0.568. The quantitative estimate of drug-likeness (QED) is 0.843. The zero-order valence-electron chi connectivity index (χ0n) is 13.8. The Balaban J connectivity index is 1.50. The fourth-order valence-corrected chi connectivity index (χ4v) is 3.37. The van der Waals surface area contributed by atoms with Gasteiger partial charge in [0.1, 0.15) is 11.6 Å². The van der Waals surface area contributed by atoms with Crippen LogP contribution in [0.2, 0.25) is 5.02 Å². The van der Waals surface area contributed by atoms with Crippen molar-refractivity contribution in [2.24, 2.45) is 0 Å². The van der Waals surface area contributed by atoms with Crippen LogP contribution in [0.4, 0.5) is 5.82 Å². The van der Waals surface area contributed by atoms with Crippen LogP contribution < -0.4 is 4.90 Å². The third-order valence-electron chi connectivity index (χ3n) is 4.69. The molecule has 0 amide bonds. The molecule has 0 bridgehead atoms. The Morgan fingerprint density at radius 1 is 1.17 bits per heavy atom. The van der Waals surface area contributed by atoms with Crippen molar-refractivity contribution in [3.63, 3.8) is 0 Å².